The van der Waals surface area contributed by atoms with E-state index in [1.807, 2.05) is 0 Å². The second-order valence-corrected chi connectivity index (χ2v) is 6.77. The summed E-state index contributed by atoms with van der Waals surface area (Å²) in [6.45, 7) is 5.02. The maximum absolute atomic E-state index is 5.47. The monoisotopic (exact) mass is 281 g/mol. The minimum atomic E-state index is -0.146. The van der Waals surface area contributed by atoms with Gasteiger partial charge in [-0.3, -0.25) is 0 Å². The lowest BCUT2D eigenvalue weighted by atomic mass is 10.1. The molecule has 0 atom stereocenters. The molecule has 2 aromatic rings. The molecule has 2 aromatic heterocycles. The lowest BCUT2D eigenvalue weighted by molar-refractivity contribution is 0.0220. The fourth-order valence-electron chi connectivity index (χ4n) is 1.67. The highest BCUT2D eigenvalue weighted by atomic mass is 32.1. The Labute approximate surface area is 117 Å². The molecule has 2 heterocycles. The third-order valence-corrected chi connectivity index (χ3v) is 4.81. The van der Waals surface area contributed by atoms with Gasteiger partial charge in [-0.25, -0.2) is 0 Å². The fourth-order valence-corrected chi connectivity index (χ4v) is 3.38. The second kappa shape index (κ2) is 5.97. The molecule has 4 heteroatoms. The van der Waals surface area contributed by atoms with Gasteiger partial charge in [0.05, 0.1) is 11.6 Å². The number of thiophene rings is 2. The molecule has 0 amide bonds. The highest BCUT2D eigenvalue weighted by Crippen LogP contribution is 2.29. The van der Waals surface area contributed by atoms with Crippen LogP contribution in [-0.4, -0.2) is 19.3 Å². The molecule has 0 aliphatic carbocycles. The zero-order valence-electron chi connectivity index (χ0n) is 11.0. The Morgan fingerprint density at radius 2 is 1.72 bits per heavy atom. The van der Waals surface area contributed by atoms with E-state index in [0.717, 1.165) is 6.54 Å². The highest BCUT2D eigenvalue weighted by molar-refractivity contribution is 7.11. The molecule has 18 heavy (non-hydrogen) atoms. The van der Waals surface area contributed by atoms with Crippen molar-refractivity contribution in [3.63, 3.8) is 0 Å². The van der Waals surface area contributed by atoms with Crippen LogP contribution in [0.1, 0.15) is 29.6 Å². The minimum Gasteiger partial charge on any atom is -0.377 e. The van der Waals surface area contributed by atoms with E-state index in [-0.39, 0.29) is 11.6 Å². The Morgan fingerprint density at radius 1 is 1.17 bits per heavy atom. The van der Waals surface area contributed by atoms with Crippen molar-refractivity contribution in [3.05, 3.63) is 44.8 Å². The molecule has 98 valence electrons. The summed E-state index contributed by atoms with van der Waals surface area (Å²) in [6.07, 6.45) is 0. The summed E-state index contributed by atoms with van der Waals surface area (Å²) in [5, 5.41) is 7.86. The first kappa shape index (κ1) is 13.7. The van der Waals surface area contributed by atoms with Crippen LogP contribution in [0.25, 0.3) is 0 Å². The molecular formula is C14H19NOS2. The van der Waals surface area contributed by atoms with Crippen LogP contribution in [0, 0.1) is 0 Å². The first-order valence-electron chi connectivity index (χ1n) is 5.98. The Morgan fingerprint density at radius 3 is 2.11 bits per heavy atom. The maximum atomic E-state index is 5.47. The van der Waals surface area contributed by atoms with Gasteiger partial charge in [-0.2, -0.15) is 0 Å². The zero-order valence-corrected chi connectivity index (χ0v) is 12.6. The molecule has 0 aromatic carbocycles. The van der Waals surface area contributed by atoms with Crippen LogP contribution in [0.3, 0.4) is 0 Å². The van der Waals surface area contributed by atoms with E-state index in [4.69, 9.17) is 4.74 Å². The molecule has 0 radical (unpaired) electrons. The van der Waals surface area contributed by atoms with Gasteiger partial charge in [0, 0.05) is 23.4 Å². The molecule has 0 bridgehead atoms. The third kappa shape index (κ3) is 3.42. The Balaban J connectivity index is 2.12. The summed E-state index contributed by atoms with van der Waals surface area (Å²) >= 11 is 3.58. The van der Waals surface area contributed by atoms with Gasteiger partial charge in [-0.15, -0.1) is 22.7 Å². The van der Waals surface area contributed by atoms with Crippen LogP contribution in [0.2, 0.25) is 0 Å². The van der Waals surface area contributed by atoms with Gasteiger partial charge in [0.1, 0.15) is 0 Å². The van der Waals surface area contributed by atoms with Crippen molar-refractivity contribution in [1.29, 1.82) is 0 Å². The van der Waals surface area contributed by atoms with Crippen molar-refractivity contribution in [1.82, 2.24) is 5.32 Å². The van der Waals surface area contributed by atoms with Gasteiger partial charge in [-0.05, 0) is 36.7 Å². The molecule has 1 N–H and O–H groups in total. The van der Waals surface area contributed by atoms with E-state index >= 15 is 0 Å². The van der Waals surface area contributed by atoms with Crippen molar-refractivity contribution in [3.8, 4) is 0 Å². The molecule has 0 saturated heterocycles. The van der Waals surface area contributed by atoms with Gasteiger partial charge in [0.15, 0.2) is 0 Å². The van der Waals surface area contributed by atoms with Crippen LogP contribution >= 0.6 is 22.7 Å². The van der Waals surface area contributed by atoms with Crippen LogP contribution in [0.4, 0.5) is 0 Å². The van der Waals surface area contributed by atoms with Gasteiger partial charge in [0.25, 0.3) is 0 Å². The van der Waals surface area contributed by atoms with E-state index in [1.165, 1.54) is 9.75 Å². The highest BCUT2D eigenvalue weighted by Gasteiger charge is 2.21. The molecule has 2 rings (SSSR count). The molecule has 2 nitrogen and oxygen atoms in total. The van der Waals surface area contributed by atoms with Gasteiger partial charge >= 0.3 is 0 Å². The predicted molar refractivity (Wildman–Crippen MR) is 79.6 cm³/mol. The molecule has 0 spiro atoms. The first-order chi connectivity index (χ1) is 8.62. The van der Waals surface area contributed by atoms with E-state index in [9.17, 15) is 0 Å². The Bertz CT molecular complexity index is 414. The van der Waals surface area contributed by atoms with Crippen LogP contribution in [-0.2, 0) is 4.74 Å². The number of methoxy groups -OCH3 is 1. The van der Waals surface area contributed by atoms with Crippen molar-refractivity contribution in [2.75, 3.05) is 13.7 Å². The Kier molecular flexibility index (Phi) is 4.56. The van der Waals surface area contributed by atoms with E-state index in [0.29, 0.717) is 0 Å². The predicted octanol–water partition coefficient (Wildman–Crippen LogP) is 3.91. The quantitative estimate of drug-likeness (QED) is 0.866. The smallest absolute Gasteiger partial charge is 0.0765 e. The second-order valence-electron chi connectivity index (χ2n) is 4.81. The number of nitrogens with one attached hydrogen (secondary N) is 1. The van der Waals surface area contributed by atoms with E-state index in [2.05, 4.69) is 54.2 Å². The molecular weight excluding hydrogens is 262 g/mol. The normalized spacial score (nSPS) is 12.2. The minimum absolute atomic E-state index is 0.146. The number of ether oxygens (including phenoxy) is 1. The average Bonchev–Trinajstić information content (AvgIpc) is 3.01. The topological polar surface area (TPSA) is 21.3 Å². The fraction of sp³-hybridized carbons (Fsp3) is 0.429. The zero-order chi connectivity index (χ0) is 13.0. The summed E-state index contributed by atoms with van der Waals surface area (Å²) in [4.78, 5) is 2.70. The first-order valence-corrected chi connectivity index (χ1v) is 7.74. The largest absolute Gasteiger partial charge is 0.377 e. The molecule has 0 fully saturated rings. The van der Waals surface area contributed by atoms with Crippen LogP contribution < -0.4 is 5.32 Å². The van der Waals surface area contributed by atoms with E-state index < -0.39 is 0 Å². The molecule has 0 unspecified atom stereocenters. The van der Waals surface area contributed by atoms with Crippen LogP contribution in [0.5, 0.6) is 0 Å². The van der Waals surface area contributed by atoms with Crippen molar-refractivity contribution in [2.45, 2.75) is 25.5 Å². The van der Waals surface area contributed by atoms with Crippen molar-refractivity contribution >= 4 is 22.7 Å². The number of rotatable bonds is 6. The summed E-state index contributed by atoms with van der Waals surface area (Å²) in [5.41, 5.74) is -0.146. The molecule has 0 saturated carbocycles. The lowest BCUT2D eigenvalue weighted by Gasteiger charge is -2.26. The maximum Gasteiger partial charge on any atom is 0.0765 e. The van der Waals surface area contributed by atoms with Gasteiger partial charge < -0.3 is 10.1 Å². The SMILES string of the molecule is COC(C)(C)CNC(c1cccs1)c1cccs1. The number of hydrogen-bond acceptors (Lipinski definition) is 4. The van der Waals surface area contributed by atoms with Crippen molar-refractivity contribution < 1.29 is 4.74 Å². The summed E-state index contributed by atoms with van der Waals surface area (Å²) < 4.78 is 5.47. The number of hydrogen-bond donors (Lipinski definition) is 1. The lowest BCUT2D eigenvalue weighted by Crippen LogP contribution is -2.38. The van der Waals surface area contributed by atoms with E-state index in [1.54, 1.807) is 29.8 Å². The van der Waals surface area contributed by atoms with Gasteiger partial charge in [0.2, 0.25) is 0 Å². The Hall–Kier alpha value is -0.680. The average molecular weight is 281 g/mol. The van der Waals surface area contributed by atoms with Crippen molar-refractivity contribution in [2.24, 2.45) is 0 Å². The van der Waals surface area contributed by atoms with Crippen LogP contribution in [0.15, 0.2) is 35.0 Å². The molecule has 0 aliphatic heterocycles. The standard InChI is InChI=1S/C14H19NOS2/c1-14(2,16-3)10-15-13(11-6-4-8-17-11)12-7-5-9-18-12/h4-9,13,15H,10H2,1-3H3. The third-order valence-electron chi connectivity index (χ3n) is 2.94. The summed E-state index contributed by atoms with van der Waals surface area (Å²) in [5.74, 6) is 0. The summed E-state index contributed by atoms with van der Waals surface area (Å²) in [6, 6.07) is 8.84. The van der Waals surface area contributed by atoms with Gasteiger partial charge in [-0.1, -0.05) is 12.1 Å². The summed E-state index contributed by atoms with van der Waals surface area (Å²) in [7, 11) is 1.76. The molecule has 0 aliphatic rings.